The van der Waals surface area contributed by atoms with Crippen LogP contribution in [-0.4, -0.2) is 42.7 Å². The molecule has 0 amide bonds. The van der Waals surface area contributed by atoms with Crippen LogP contribution in [0.4, 0.5) is 0 Å². The third-order valence-electron chi connectivity index (χ3n) is 5.59. The van der Waals surface area contributed by atoms with Crippen molar-refractivity contribution in [2.45, 2.75) is 76.3 Å². The molecule has 2 heterocycles. The van der Waals surface area contributed by atoms with Gasteiger partial charge in [-0.05, 0) is 70.7 Å². The second-order valence-corrected chi connectivity index (χ2v) is 6.99. The molecule has 0 aromatic carbocycles. The van der Waals surface area contributed by atoms with E-state index < -0.39 is 0 Å². The molecule has 0 bridgehead atoms. The Bertz CT molecular complexity index is 354. The van der Waals surface area contributed by atoms with Gasteiger partial charge in [0.1, 0.15) is 5.76 Å². The highest BCUT2D eigenvalue weighted by Gasteiger charge is 2.48. The maximum atomic E-state index is 6.11. The molecule has 1 saturated heterocycles. The second-order valence-electron chi connectivity index (χ2n) is 6.99. The summed E-state index contributed by atoms with van der Waals surface area (Å²) < 4.78 is 6.11. The molecule has 21 heavy (non-hydrogen) atoms. The van der Waals surface area contributed by atoms with Gasteiger partial charge in [0, 0.05) is 5.54 Å². The van der Waals surface area contributed by atoms with E-state index in [1.165, 1.54) is 76.6 Å². The van der Waals surface area contributed by atoms with Gasteiger partial charge in [0.15, 0.2) is 0 Å². The largest absolute Gasteiger partial charge is 0.497 e. The van der Waals surface area contributed by atoms with Crippen LogP contribution in [0.3, 0.4) is 0 Å². The normalized spacial score (nSPS) is 27.4. The van der Waals surface area contributed by atoms with Crippen LogP contribution < -0.4 is 5.32 Å². The van der Waals surface area contributed by atoms with E-state index in [1.54, 1.807) is 0 Å². The zero-order valence-corrected chi connectivity index (χ0v) is 13.7. The lowest BCUT2D eigenvalue weighted by atomic mass is 9.84. The van der Waals surface area contributed by atoms with Crippen molar-refractivity contribution in [1.82, 2.24) is 10.2 Å². The number of nitrogens with zero attached hydrogens (tertiary/aromatic N) is 1. The second kappa shape index (κ2) is 7.15. The minimum absolute atomic E-state index is 0.328. The van der Waals surface area contributed by atoms with Crippen LogP contribution in [0.1, 0.15) is 64.7 Å². The zero-order valence-electron chi connectivity index (χ0n) is 13.7. The van der Waals surface area contributed by atoms with Crippen molar-refractivity contribution in [1.29, 1.82) is 0 Å². The van der Waals surface area contributed by atoms with E-state index in [1.807, 2.05) is 0 Å². The molecule has 1 atom stereocenters. The SMILES string of the molecule is CCCNC(C1=CCCCO1)C1(N2CCCC2)CCCC1. The van der Waals surface area contributed by atoms with Gasteiger partial charge >= 0.3 is 0 Å². The molecule has 2 fully saturated rings. The van der Waals surface area contributed by atoms with Crippen molar-refractivity contribution < 1.29 is 4.74 Å². The molecule has 0 aromatic heterocycles. The smallest absolute Gasteiger partial charge is 0.111 e. The van der Waals surface area contributed by atoms with Crippen LogP contribution >= 0.6 is 0 Å². The Hall–Kier alpha value is -0.540. The summed E-state index contributed by atoms with van der Waals surface area (Å²) in [6, 6.07) is 0.415. The summed E-state index contributed by atoms with van der Waals surface area (Å²) in [6.07, 6.45) is 14.1. The van der Waals surface area contributed by atoms with Gasteiger partial charge in [-0.15, -0.1) is 0 Å². The molecule has 120 valence electrons. The van der Waals surface area contributed by atoms with E-state index >= 15 is 0 Å². The van der Waals surface area contributed by atoms with Crippen molar-refractivity contribution in [3.63, 3.8) is 0 Å². The number of rotatable bonds is 6. The van der Waals surface area contributed by atoms with Crippen molar-refractivity contribution in [3.05, 3.63) is 11.8 Å². The van der Waals surface area contributed by atoms with Crippen LogP contribution in [0.25, 0.3) is 0 Å². The molecule has 2 aliphatic heterocycles. The Kier molecular flexibility index (Phi) is 5.23. The average Bonchev–Trinajstić information content (AvgIpc) is 3.21. The maximum absolute atomic E-state index is 6.11. The van der Waals surface area contributed by atoms with E-state index in [-0.39, 0.29) is 0 Å². The Morgan fingerprint density at radius 2 is 1.95 bits per heavy atom. The molecule has 3 aliphatic rings. The lowest BCUT2D eigenvalue weighted by Crippen LogP contribution is -2.60. The van der Waals surface area contributed by atoms with E-state index in [9.17, 15) is 0 Å². The predicted molar refractivity (Wildman–Crippen MR) is 87.4 cm³/mol. The van der Waals surface area contributed by atoms with Gasteiger partial charge < -0.3 is 10.1 Å². The minimum Gasteiger partial charge on any atom is -0.497 e. The number of allylic oxidation sites excluding steroid dienone is 1. The Labute approximate surface area is 130 Å². The van der Waals surface area contributed by atoms with E-state index in [0.717, 1.165) is 13.2 Å². The molecule has 1 N–H and O–H groups in total. The fourth-order valence-electron chi connectivity index (χ4n) is 4.56. The molecular formula is C18H32N2O. The number of ether oxygens (including phenoxy) is 1. The summed E-state index contributed by atoms with van der Waals surface area (Å²) in [6.45, 7) is 6.85. The lowest BCUT2D eigenvalue weighted by Gasteiger charge is -2.46. The topological polar surface area (TPSA) is 24.5 Å². The van der Waals surface area contributed by atoms with Gasteiger partial charge in [-0.3, -0.25) is 4.90 Å². The van der Waals surface area contributed by atoms with Crippen molar-refractivity contribution >= 4 is 0 Å². The first-order valence-corrected chi connectivity index (χ1v) is 9.18. The van der Waals surface area contributed by atoms with Crippen LogP contribution in [-0.2, 0) is 4.74 Å². The third kappa shape index (κ3) is 3.14. The first-order valence-electron chi connectivity index (χ1n) is 9.18. The molecule has 3 rings (SSSR count). The summed E-state index contributed by atoms with van der Waals surface area (Å²) in [4.78, 5) is 2.80. The van der Waals surface area contributed by atoms with E-state index in [0.29, 0.717) is 11.6 Å². The lowest BCUT2D eigenvalue weighted by molar-refractivity contribution is 0.0530. The summed E-state index contributed by atoms with van der Waals surface area (Å²) in [7, 11) is 0. The highest BCUT2D eigenvalue weighted by atomic mass is 16.5. The number of likely N-dealkylation sites (tertiary alicyclic amines) is 1. The number of hydrogen-bond acceptors (Lipinski definition) is 3. The van der Waals surface area contributed by atoms with Gasteiger partial charge in [-0.1, -0.05) is 19.8 Å². The fraction of sp³-hybridized carbons (Fsp3) is 0.889. The average molecular weight is 292 g/mol. The molecule has 0 aromatic rings. The van der Waals surface area contributed by atoms with Crippen LogP contribution in [0, 0.1) is 0 Å². The van der Waals surface area contributed by atoms with Gasteiger partial charge in [0.25, 0.3) is 0 Å². The molecule has 0 spiro atoms. The molecule has 3 heteroatoms. The molecule has 1 saturated carbocycles. The maximum Gasteiger partial charge on any atom is 0.111 e. The van der Waals surface area contributed by atoms with Gasteiger partial charge in [0.2, 0.25) is 0 Å². The standard InChI is InChI=1S/C18H32N2O/c1-2-12-19-17(16-9-3-8-15-21-16)18(10-4-5-11-18)20-13-6-7-14-20/h9,17,19H,2-8,10-15H2,1H3. The third-order valence-corrected chi connectivity index (χ3v) is 5.59. The minimum atomic E-state index is 0.328. The van der Waals surface area contributed by atoms with Gasteiger partial charge in [-0.25, -0.2) is 0 Å². The van der Waals surface area contributed by atoms with Crippen LogP contribution in [0.15, 0.2) is 11.8 Å². The molecule has 0 radical (unpaired) electrons. The predicted octanol–water partition coefficient (Wildman–Crippen LogP) is 3.46. The van der Waals surface area contributed by atoms with E-state index in [4.69, 9.17) is 4.74 Å². The summed E-state index contributed by atoms with van der Waals surface area (Å²) in [5.41, 5.74) is 0.328. The number of nitrogens with one attached hydrogen (secondary N) is 1. The Morgan fingerprint density at radius 3 is 2.57 bits per heavy atom. The summed E-state index contributed by atoms with van der Waals surface area (Å²) in [5.74, 6) is 1.25. The highest BCUT2D eigenvalue weighted by molar-refractivity contribution is 5.18. The van der Waals surface area contributed by atoms with E-state index in [2.05, 4.69) is 23.2 Å². The van der Waals surface area contributed by atoms with Gasteiger partial charge in [-0.2, -0.15) is 0 Å². The first kappa shape index (κ1) is 15.4. The summed E-state index contributed by atoms with van der Waals surface area (Å²) in [5, 5.41) is 3.86. The monoisotopic (exact) mass is 292 g/mol. The Balaban J connectivity index is 1.85. The van der Waals surface area contributed by atoms with Crippen molar-refractivity contribution in [2.75, 3.05) is 26.2 Å². The molecule has 1 unspecified atom stereocenters. The molecular weight excluding hydrogens is 260 g/mol. The first-order chi connectivity index (χ1) is 10.4. The van der Waals surface area contributed by atoms with Gasteiger partial charge in [0.05, 0.1) is 12.6 Å². The van der Waals surface area contributed by atoms with Crippen molar-refractivity contribution in [2.24, 2.45) is 0 Å². The van der Waals surface area contributed by atoms with Crippen LogP contribution in [0.5, 0.6) is 0 Å². The zero-order chi connectivity index (χ0) is 14.5. The molecule has 1 aliphatic carbocycles. The highest BCUT2D eigenvalue weighted by Crippen LogP contribution is 2.42. The molecule has 3 nitrogen and oxygen atoms in total. The fourth-order valence-corrected chi connectivity index (χ4v) is 4.56. The van der Waals surface area contributed by atoms with Crippen molar-refractivity contribution in [3.8, 4) is 0 Å². The number of hydrogen-bond donors (Lipinski definition) is 1. The summed E-state index contributed by atoms with van der Waals surface area (Å²) >= 11 is 0. The quantitative estimate of drug-likeness (QED) is 0.811. The van der Waals surface area contributed by atoms with Crippen LogP contribution in [0.2, 0.25) is 0 Å². The Morgan fingerprint density at radius 1 is 1.19 bits per heavy atom.